The lowest BCUT2D eigenvalue weighted by atomic mass is 10.1. The molecule has 0 aliphatic carbocycles. The topological polar surface area (TPSA) is 93.2 Å². The van der Waals surface area contributed by atoms with Gasteiger partial charge in [0, 0.05) is 27.2 Å². The Morgan fingerprint density at radius 1 is 1.04 bits per heavy atom. The number of hydrogen-bond acceptors (Lipinski definition) is 5. The van der Waals surface area contributed by atoms with Crippen LogP contribution in [-0.2, 0) is 16.0 Å². The van der Waals surface area contributed by atoms with Gasteiger partial charge in [0.1, 0.15) is 0 Å². The van der Waals surface area contributed by atoms with Crippen LogP contribution in [0.25, 0.3) is 0 Å². The number of hydrogen-bond donors (Lipinski definition) is 3. The highest BCUT2D eigenvalue weighted by molar-refractivity contribution is 14.0. The first-order valence-corrected chi connectivity index (χ1v) is 9.23. The van der Waals surface area contributed by atoms with Gasteiger partial charge in [0.25, 0.3) is 0 Å². The molecular formula is C19H33IN4O4. The summed E-state index contributed by atoms with van der Waals surface area (Å²) < 4.78 is 16.1. The number of methoxy groups -OCH3 is 1. The van der Waals surface area contributed by atoms with Crippen LogP contribution in [0, 0.1) is 0 Å². The predicted octanol–water partition coefficient (Wildman–Crippen LogP) is 1.57. The Bertz CT molecular complexity index is 599. The first-order chi connectivity index (χ1) is 13.1. The van der Waals surface area contributed by atoms with Crippen molar-refractivity contribution in [1.29, 1.82) is 0 Å². The van der Waals surface area contributed by atoms with Crippen LogP contribution >= 0.6 is 24.0 Å². The maximum Gasteiger partial charge on any atom is 0.239 e. The summed E-state index contributed by atoms with van der Waals surface area (Å²) in [4.78, 5) is 15.8. The third-order valence-corrected chi connectivity index (χ3v) is 3.58. The summed E-state index contributed by atoms with van der Waals surface area (Å²) in [6.45, 7) is 6.89. The molecule has 0 atom stereocenters. The van der Waals surface area contributed by atoms with Crippen molar-refractivity contribution in [3.63, 3.8) is 0 Å². The molecule has 8 nitrogen and oxygen atoms in total. The van der Waals surface area contributed by atoms with Crippen LogP contribution in [0.15, 0.2) is 23.2 Å². The molecule has 3 N–H and O–H groups in total. The largest absolute Gasteiger partial charge is 0.490 e. The molecule has 0 spiro atoms. The molecule has 1 aromatic carbocycles. The lowest BCUT2D eigenvalue weighted by Gasteiger charge is -2.14. The van der Waals surface area contributed by atoms with E-state index in [0.29, 0.717) is 38.9 Å². The number of halogens is 1. The fourth-order valence-corrected chi connectivity index (χ4v) is 2.32. The van der Waals surface area contributed by atoms with Crippen LogP contribution in [0.4, 0.5) is 0 Å². The van der Waals surface area contributed by atoms with E-state index in [0.717, 1.165) is 23.5 Å². The van der Waals surface area contributed by atoms with E-state index in [1.165, 1.54) is 0 Å². The molecular weight excluding hydrogens is 475 g/mol. The number of ether oxygens (including phenoxy) is 3. The maximum atomic E-state index is 11.7. The lowest BCUT2D eigenvalue weighted by molar-refractivity contribution is -0.120. The van der Waals surface area contributed by atoms with E-state index < -0.39 is 0 Å². The molecule has 28 heavy (non-hydrogen) atoms. The number of nitrogens with zero attached hydrogens (tertiary/aromatic N) is 1. The van der Waals surface area contributed by atoms with E-state index in [1.807, 2.05) is 32.0 Å². The van der Waals surface area contributed by atoms with Gasteiger partial charge in [-0.1, -0.05) is 6.07 Å². The highest BCUT2D eigenvalue weighted by Crippen LogP contribution is 2.28. The predicted molar refractivity (Wildman–Crippen MR) is 122 cm³/mol. The number of aliphatic imine (C=N–C) groups is 1. The number of nitrogens with one attached hydrogen (secondary N) is 3. The van der Waals surface area contributed by atoms with Crippen molar-refractivity contribution < 1.29 is 19.0 Å². The van der Waals surface area contributed by atoms with E-state index in [1.54, 1.807) is 14.2 Å². The number of amides is 1. The van der Waals surface area contributed by atoms with Gasteiger partial charge in [0.2, 0.25) is 5.91 Å². The van der Waals surface area contributed by atoms with E-state index in [4.69, 9.17) is 14.2 Å². The smallest absolute Gasteiger partial charge is 0.239 e. The molecule has 0 aromatic heterocycles. The van der Waals surface area contributed by atoms with Gasteiger partial charge in [-0.25, -0.2) is 0 Å². The van der Waals surface area contributed by atoms with Crippen molar-refractivity contribution >= 4 is 35.8 Å². The summed E-state index contributed by atoms with van der Waals surface area (Å²) in [6.07, 6.45) is 0.785. The van der Waals surface area contributed by atoms with Crippen molar-refractivity contribution in [2.75, 3.05) is 53.6 Å². The van der Waals surface area contributed by atoms with Crippen molar-refractivity contribution in [3.05, 3.63) is 23.8 Å². The monoisotopic (exact) mass is 508 g/mol. The highest BCUT2D eigenvalue weighted by atomic mass is 127. The average Bonchev–Trinajstić information content (AvgIpc) is 2.67. The highest BCUT2D eigenvalue weighted by Gasteiger charge is 2.07. The molecule has 1 amide bonds. The van der Waals surface area contributed by atoms with Crippen molar-refractivity contribution in [2.45, 2.75) is 20.3 Å². The SMILES string of the molecule is CCOc1ccc(CCNC(=NC)NCC(=O)NCCOC)cc1OCC.I. The van der Waals surface area contributed by atoms with Gasteiger partial charge in [-0.15, -0.1) is 24.0 Å². The Balaban J connectivity index is 0.00000729. The summed E-state index contributed by atoms with van der Waals surface area (Å²) in [5.74, 6) is 1.98. The van der Waals surface area contributed by atoms with E-state index >= 15 is 0 Å². The van der Waals surface area contributed by atoms with Crippen molar-refractivity contribution in [1.82, 2.24) is 16.0 Å². The van der Waals surface area contributed by atoms with Crippen LogP contribution < -0.4 is 25.4 Å². The second kappa shape index (κ2) is 16.2. The minimum atomic E-state index is -0.108. The zero-order valence-electron chi connectivity index (χ0n) is 17.2. The van der Waals surface area contributed by atoms with Crippen molar-refractivity contribution in [2.24, 2.45) is 4.99 Å². The molecule has 0 radical (unpaired) electrons. The minimum absolute atomic E-state index is 0. The lowest BCUT2D eigenvalue weighted by Crippen LogP contribution is -2.44. The van der Waals surface area contributed by atoms with Crippen molar-refractivity contribution in [3.8, 4) is 11.5 Å². The third kappa shape index (κ3) is 10.5. The molecule has 1 aromatic rings. The van der Waals surface area contributed by atoms with Crippen LogP contribution in [0.2, 0.25) is 0 Å². The van der Waals surface area contributed by atoms with Gasteiger partial charge in [-0.05, 0) is 38.0 Å². The first-order valence-electron chi connectivity index (χ1n) is 9.23. The molecule has 0 bridgehead atoms. The average molecular weight is 508 g/mol. The van der Waals surface area contributed by atoms with Gasteiger partial charge < -0.3 is 30.2 Å². The molecule has 1 rings (SSSR count). The molecule has 0 fully saturated rings. The third-order valence-electron chi connectivity index (χ3n) is 3.58. The van der Waals surface area contributed by atoms with Crippen LogP contribution in [0.1, 0.15) is 19.4 Å². The standard InChI is InChI=1S/C19H32N4O4.HI/c1-5-26-16-8-7-15(13-17(16)27-6-2)9-10-22-19(20-3)23-14-18(24)21-11-12-25-4;/h7-8,13H,5-6,9-12,14H2,1-4H3,(H,21,24)(H2,20,22,23);1H. The van der Waals surface area contributed by atoms with E-state index in [-0.39, 0.29) is 36.4 Å². The Morgan fingerprint density at radius 3 is 2.39 bits per heavy atom. The fourth-order valence-electron chi connectivity index (χ4n) is 2.32. The second-order valence-electron chi connectivity index (χ2n) is 5.59. The zero-order chi connectivity index (χ0) is 19.9. The molecule has 160 valence electrons. The Morgan fingerprint density at radius 2 is 1.75 bits per heavy atom. The second-order valence-corrected chi connectivity index (χ2v) is 5.59. The van der Waals surface area contributed by atoms with Gasteiger partial charge in [0.15, 0.2) is 17.5 Å². The minimum Gasteiger partial charge on any atom is -0.490 e. The maximum absolute atomic E-state index is 11.7. The Kier molecular flexibility index (Phi) is 15.2. The summed E-state index contributed by atoms with van der Waals surface area (Å²) >= 11 is 0. The summed E-state index contributed by atoms with van der Waals surface area (Å²) in [5, 5.41) is 8.92. The Hall–Kier alpha value is -1.75. The van der Waals surface area contributed by atoms with Gasteiger partial charge in [-0.2, -0.15) is 0 Å². The quantitative estimate of drug-likeness (QED) is 0.172. The van der Waals surface area contributed by atoms with Crippen LogP contribution in [0.3, 0.4) is 0 Å². The van der Waals surface area contributed by atoms with Gasteiger partial charge in [-0.3, -0.25) is 9.79 Å². The molecule has 0 unspecified atom stereocenters. The first kappa shape index (κ1) is 26.2. The number of rotatable bonds is 12. The summed E-state index contributed by atoms with van der Waals surface area (Å²) in [5.41, 5.74) is 1.13. The van der Waals surface area contributed by atoms with Gasteiger partial charge in [0.05, 0.1) is 26.4 Å². The fraction of sp³-hybridized carbons (Fsp3) is 0.579. The molecule has 0 aliphatic rings. The molecule has 0 aliphatic heterocycles. The van der Waals surface area contributed by atoms with E-state index in [9.17, 15) is 4.79 Å². The summed E-state index contributed by atoms with van der Waals surface area (Å²) in [6, 6.07) is 5.95. The van der Waals surface area contributed by atoms with Gasteiger partial charge >= 0.3 is 0 Å². The number of benzene rings is 1. The van der Waals surface area contributed by atoms with Crippen LogP contribution in [0.5, 0.6) is 11.5 Å². The zero-order valence-corrected chi connectivity index (χ0v) is 19.5. The number of guanidine groups is 1. The molecule has 0 heterocycles. The van der Waals surface area contributed by atoms with Crippen LogP contribution in [-0.4, -0.2) is 65.5 Å². The molecule has 0 saturated heterocycles. The number of carbonyl (C=O) groups excluding carboxylic acids is 1. The molecule has 0 saturated carbocycles. The normalized spacial score (nSPS) is 10.6. The Labute approximate surface area is 184 Å². The number of carbonyl (C=O) groups is 1. The molecule has 9 heteroatoms. The van der Waals surface area contributed by atoms with E-state index in [2.05, 4.69) is 20.9 Å². The summed E-state index contributed by atoms with van der Waals surface area (Å²) in [7, 11) is 3.26.